The fraction of sp³-hybridized carbons (Fsp3) is 0.818. The number of nitrogens with one attached hydrogen (secondary N) is 1. The highest BCUT2D eigenvalue weighted by molar-refractivity contribution is 4.96. The summed E-state index contributed by atoms with van der Waals surface area (Å²) in [4.78, 5) is 0. The normalized spacial score (nSPS) is 13.1. The molecular formula is C11H23N. The molecule has 0 saturated heterocycles. The standard InChI is InChI=1S/C11H23N/c1-6-8-11(7-2)12-10(5)9(3)4/h9,11-12H,5-8H2,1-4H3. The highest BCUT2D eigenvalue weighted by Gasteiger charge is 2.06. The number of hydrogen-bond donors (Lipinski definition) is 1. The number of rotatable bonds is 6. The van der Waals surface area contributed by atoms with Crippen LogP contribution in [-0.2, 0) is 0 Å². The fourth-order valence-corrected chi connectivity index (χ4v) is 1.16. The fourth-order valence-electron chi connectivity index (χ4n) is 1.16. The molecule has 0 aromatic rings. The van der Waals surface area contributed by atoms with Crippen molar-refractivity contribution in [2.24, 2.45) is 5.92 Å². The monoisotopic (exact) mass is 169 g/mol. The molecule has 1 nitrogen and oxygen atoms in total. The van der Waals surface area contributed by atoms with Gasteiger partial charge in [0.15, 0.2) is 0 Å². The van der Waals surface area contributed by atoms with Crippen molar-refractivity contribution in [2.45, 2.75) is 53.0 Å². The second-order valence-corrected chi connectivity index (χ2v) is 3.72. The summed E-state index contributed by atoms with van der Waals surface area (Å²) >= 11 is 0. The quantitative estimate of drug-likeness (QED) is 0.643. The lowest BCUT2D eigenvalue weighted by Crippen LogP contribution is -2.29. The van der Waals surface area contributed by atoms with Crippen LogP contribution in [-0.4, -0.2) is 6.04 Å². The number of hydrogen-bond acceptors (Lipinski definition) is 1. The lowest BCUT2D eigenvalue weighted by Gasteiger charge is -2.21. The van der Waals surface area contributed by atoms with E-state index in [1.807, 2.05) is 0 Å². The highest BCUT2D eigenvalue weighted by Crippen LogP contribution is 2.08. The lowest BCUT2D eigenvalue weighted by atomic mass is 10.1. The van der Waals surface area contributed by atoms with E-state index >= 15 is 0 Å². The lowest BCUT2D eigenvalue weighted by molar-refractivity contribution is 0.480. The van der Waals surface area contributed by atoms with Crippen LogP contribution in [0.25, 0.3) is 0 Å². The van der Waals surface area contributed by atoms with Crippen molar-refractivity contribution < 1.29 is 0 Å². The van der Waals surface area contributed by atoms with Crippen LogP contribution in [0.1, 0.15) is 47.0 Å². The minimum atomic E-state index is 0.552. The smallest absolute Gasteiger partial charge is 0.0255 e. The van der Waals surface area contributed by atoms with Crippen LogP contribution in [0, 0.1) is 5.92 Å². The molecule has 0 rings (SSSR count). The Kier molecular flexibility index (Phi) is 5.87. The van der Waals surface area contributed by atoms with Crippen molar-refractivity contribution in [1.29, 1.82) is 0 Å². The van der Waals surface area contributed by atoms with Gasteiger partial charge in [-0.05, 0) is 18.8 Å². The third-order valence-electron chi connectivity index (χ3n) is 2.22. The number of allylic oxidation sites excluding steroid dienone is 1. The first-order valence-electron chi connectivity index (χ1n) is 5.07. The van der Waals surface area contributed by atoms with Gasteiger partial charge in [0.2, 0.25) is 0 Å². The predicted octanol–water partition coefficient (Wildman–Crippen LogP) is 3.32. The Labute approximate surface area is 77.2 Å². The molecule has 1 N–H and O–H groups in total. The first kappa shape index (κ1) is 11.5. The molecule has 1 atom stereocenters. The average molecular weight is 169 g/mol. The van der Waals surface area contributed by atoms with Gasteiger partial charge in [-0.1, -0.05) is 40.7 Å². The maximum absolute atomic E-state index is 4.01. The van der Waals surface area contributed by atoms with Gasteiger partial charge in [-0.3, -0.25) is 0 Å². The molecule has 0 aliphatic rings. The van der Waals surface area contributed by atoms with Crippen LogP contribution in [0.2, 0.25) is 0 Å². The zero-order valence-corrected chi connectivity index (χ0v) is 8.98. The van der Waals surface area contributed by atoms with Crippen LogP contribution in [0.4, 0.5) is 0 Å². The molecule has 0 bridgehead atoms. The second kappa shape index (κ2) is 6.10. The molecule has 0 aromatic heterocycles. The van der Waals surface area contributed by atoms with E-state index in [0.29, 0.717) is 12.0 Å². The van der Waals surface area contributed by atoms with Crippen molar-refractivity contribution in [2.75, 3.05) is 0 Å². The third-order valence-corrected chi connectivity index (χ3v) is 2.22. The molecule has 0 heterocycles. The minimum absolute atomic E-state index is 0.552. The Morgan fingerprint density at radius 1 is 1.33 bits per heavy atom. The van der Waals surface area contributed by atoms with Gasteiger partial charge in [-0.25, -0.2) is 0 Å². The molecule has 1 heteroatoms. The van der Waals surface area contributed by atoms with Crippen LogP contribution in [0.15, 0.2) is 12.3 Å². The third kappa shape index (κ3) is 4.42. The van der Waals surface area contributed by atoms with Gasteiger partial charge in [0.05, 0.1) is 0 Å². The molecule has 0 spiro atoms. The van der Waals surface area contributed by atoms with E-state index in [0.717, 1.165) is 0 Å². The van der Waals surface area contributed by atoms with Crippen LogP contribution in [0.3, 0.4) is 0 Å². The molecule has 1 unspecified atom stereocenters. The molecule has 0 saturated carbocycles. The van der Waals surface area contributed by atoms with Gasteiger partial charge in [0, 0.05) is 11.7 Å². The summed E-state index contributed by atoms with van der Waals surface area (Å²) in [6.45, 7) is 12.8. The van der Waals surface area contributed by atoms with Crippen molar-refractivity contribution in [1.82, 2.24) is 5.32 Å². The second-order valence-electron chi connectivity index (χ2n) is 3.72. The van der Waals surface area contributed by atoms with E-state index in [2.05, 4.69) is 39.6 Å². The maximum Gasteiger partial charge on any atom is 0.0255 e. The summed E-state index contributed by atoms with van der Waals surface area (Å²) in [7, 11) is 0. The van der Waals surface area contributed by atoms with E-state index in [1.54, 1.807) is 0 Å². The first-order valence-corrected chi connectivity index (χ1v) is 5.07. The summed E-state index contributed by atoms with van der Waals surface area (Å²) < 4.78 is 0. The maximum atomic E-state index is 4.01. The zero-order valence-electron chi connectivity index (χ0n) is 8.98. The van der Waals surface area contributed by atoms with Gasteiger partial charge in [-0.15, -0.1) is 0 Å². The molecule has 0 aromatic carbocycles. The van der Waals surface area contributed by atoms with E-state index in [1.165, 1.54) is 25.0 Å². The van der Waals surface area contributed by atoms with Crippen molar-refractivity contribution in [3.05, 3.63) is 12.3 Å². The summed E-state index contributed by atoms with van der Waals surface area (Å²) in [5.41, 5.74) is 1.18. The molecule has 12 heavy (non-hydrogen) atoms. The Morgan fingerprint density at radius 3 is 2.25 bits per heavy atom. The minimum Gasteiger partial charge on any atom is -0.386 e. The topological polar surface area (TPSA) is 12.0 Å². The van der Waals surface area contributed by atoms with Gasteiger partial charge >= 0.3 is 0 Å². The molecule has 0 amide bonds. The van der Waals surface area contributed by atoms with Gasteiger partial charge in [0.1, 0.15) is 0 Å². The molecular weight excluding hydrogens is 146 g/mol. The van der Waals surface area contributed by atoms with Crippen molar-refractivity contribution in [3.63, 3.8) is 0 Å². The van der Waals surface area contributed by atoms with E-state index < -0.39 is 0 Å². The summed E-state index contributed by atoms with van der Waals surface area (Å²) in [6, 6.07) is 0.630. The first-order chi connectivity index (χ1) is 5.61. The van der Waals surface area contributed by atoms with Gasteiger partial charge in [-0.2, -0.15) is 0 Å². The van der Waals surface area contributed by atoms with Crippen molar-refractivity contribution in [3.8, 4) is 0 Å². The zero-order chi connectivity index (χ0) is 9.56. The predicted molar refractivity (Wildman–Crippen MR) is 56.1 cm³/mol. The molecule has 0 radical (unpaired) electrons. The van der Waals surface area contributed by atoms with Crippen molar-refractivity contribution >= 4 is 0 Å². The van der Waals surface area contributed by atoms with E-state index in [4.69, 9.17) is 0 Å². The SMILES string of the molecule is C=C(NC(CC)CCC)C(C)C. The Hall–Kier alpha value is -0.460. The van der Waals surface area contributed by atoms with Crippen LogP contribution in [0.5, 0.6) is 0 Å². The Bertz CT molecular complexity index is 127. The van der Waals surface area contributed by atoms with Crippen LogP contribution < -0.4 is 5.32 Å². The van der Waals surface area contributed by atoms with Gasteiger partial charge < -0.3 is 5.32 Å². The molecule has 0 aliphatic carbocycles. The highest BCUT2D eigenvalue weighted by atomic mass is 14.9. The largest absolute Gasteiger partial charge is 0.386 e. The molecule has 0 fully saturated rings. The molecule has 0 aliphatic heterocycles. The average Bonchev–Trinajstić information content (AvgIpc) is 2.03. The summed E-state index contributed by atoms with van der Waals surface area (Å²) in [6.07, 6.45) is 3.69. The van der Waals surface area contributed by atoms with E-state index in [-0.39, 0.29) is 0 Å². The molecule has 72 valence electrons. The summed E-state index contributed by atoms with van der Waals surface area (Å²) in [5, 5.41) is 3.47. The van der Waals surface area contributed by atoms with E-state index in [9.17, 15) is 0 Å². The van der Waals surface area contributed by atoms with Crippen LogP contribution >= 0.6 is 0 Å². The van der Waals surface area contributed by atoms with Gasteiger partial charge in [0.25, 0.3) is 0 Å². The summed E-state index contributed by atoms with van der Waals surface area (Å²) in [5.74, 6) is 0.552. The Morgan fingerprint density at radius 2 is 1.92 bits per heavy atom. The Balaban J connectivity index is 3.77.